The number of sulfonamides is 1. The fourth-order valence-electron chi connectivity index (χ4n) is 2.12. The van der Waals surface area contributed by atoms with E-state index in [0.717, 1.165) is 16.1 Å². The quantitative estimate of drug-likeness (QED) is 0.854. The number of amides is 1. The molecule has 0 aliphatic carbocycles. The second-order valence-electron chi connectivity index (χ2n) is 7.67. The molecule has 0 aromatic heterocycles. The standard InChI is InChI=1S/C18H30N2O3S/c1-13(2)14(3)19-17(21)12-20(24(7,22)23)16-10-8-15(9-11-16)18(4,5)6/h8-11,13-14H,12H2,1-7H3,(H,19,21)/t14-/m1/s1. The van der Waals surface area contributed by atoms with Gasteiger partial charge >= 0.3 is 0 Å². The Morgan fingerprint density at radius 2 is 1.62 bits per heavy atom. The molecular formula is C18H30N2O3S. The lowest BCUT2D eigenvalue weighted by atomic mass is 9.87. The highest BCUT2D eigenvalue weighted by atomic mass is 32.2. The number of carbonyl (C=O) groups is 1. The van der Waals surface area contributed by atoms with Crippen LogP contribution in [0.2, 0.25) is 0 Å². The first kappa shape index (κ1) is 20.5. The molecule has 1 N–H and O–H groups in total. The Morgan fingerprint density at radius 3 is 2.00 bits per heavy atom. The van der Waals surface area contributed by atoms with Gasteiger partial charge < -0.3 is 5.32 Å². The molecule has 0 heterocycles. The van der Waals surface area contributed by atoms with Gasteiger partial charge in [0.15, 0.2) is 0 Å². The Kier molecular flexibility index (Phi) is 6.45. The van der Waals surface area contributed by atoms with Gasteiger partial charge in [0.05, 0.1) is 11.9 Å². The van der Waals surface area contributed by atoms with Crippen molar-refractivity contribution in [3.8, 4) is 0 Å². The molecule has 0 aliphatic rings. The second kappa shape index (κ2) is 7.55. The third-order valence-corrected chi connectivity index (χ3v) is 5.24. The van der Waals surface area contributed by atoms with Crippen molar-refractivity contribution in [2.45, 2.75) is 53.0 Å². The van der Waals surface area contributed by atoms with E-state index in [1.807, 2.05) is 32.9 Å². The van der Waals surface area contributed by atoms with Crippen LogP contribution in [-0.2, 0) is 20.2 Å². The first-order valence-corrected chi connectivity index (χ1v) is 10.0. The predicted molar refractivity (Wildman–Crippen MR) is 99.8 cm³/mol. The van der Waals surface area contributed by atoms with Crippen molar-refractivity contribution in [1.29, 1.82) is 0 Å². The Labute approximate surface area is 146 Å². The molecule has 0 saturated heterocycles. The highest BCUT2D eigenvalue weighted by molar-refractivity contribution is 7.92. The van der Waals surface area contributed by atoms with Crippen molar-refractivity contribution < 1.29 is 13.2 Å². The number of rotatable bonds is 6. The Bertz CT molecular complexity index is 658. The summed E-state index contributed by atoms with van der Waals surface area (Å²) in [5.41, 5.74) is 1.59. The zero-order valence-electron chi connectivity index (χ0n) is 15.8. The molecule has 1 aromatic rings. The number of nitrogens with zero attached hydrogens (tertiary/aromatic N) is 1. The van der Waals surface area contributed by atoms with Crippen LogP contribution in [0.4, 0.5) is 5.69 Å². The molecular weight excluding hydrogens is 324 g/mol. The van der Waals surface area contributed by atoms with Crippen LogP contribution in [0, 0.1) is 5.92 Å². The van der Waals surface area contributed by atoms with Gasteiger partial charge in [0.2, 0.25) is 15.9 Å². The first-order valence-electron chi connectivity index (χ1n) is 8.20. The fourth-order valence-corrected chi connectivity index (χ4v) is 2.98. The molecule has 0 fully saturated rings. The molecule has 24 heavy (non-hydrogen) atoms. The fraction of sp³-hybridized carbons (Fsp3) is 0.611. The molecule has 136 valence electrons. The average molecular weight is 355 g/mol. The summed E-state index contributed by atoms with van der Waals surface area (Å²) in [4.78, 5) is 12.2. The van der Waals surface area contributed by atoms with Gasteiger partial charge in [0, 0.05) is 6.04 Å². The third-order valence-electron chi connectivity index (χ3n) is 4.10. The van der Waals surface area contributed by atoms with Crippen LogP contribution in [0.3, 0.4) is 0 Å². The zero-order chi connectivity index (χ0) is 18.7. The lowest BCUT2D eigenvalue weighted by Gasteiger charge is -2.25. The van der Waals surface area contributed by atoms with Gasteiger partial charge in [-0.2, -0.15) is 0 Å². The summed E-state index contributed by atoms with van der Waals surface area (Å²) in [7, 11) is -3.54. The van der Waals surface area contributed by atoms with E-state index in [-0.39, 0.29) is 29.8 Å². The maximum Gasteiger partial charge on any atom is 0.240 e. The normalized spacial score (nSPS) is 13.7. The Balaban J connectivity index is 3.01. The lowest BCUT2D eigenvalue weighted by Crippen LogP contribution is -2.44. The number of benzene rings is 1. The van der Waals surface area contributed by atoms with Crippen LogP contribution >= 0.6 is 0 Å². The molecule has 0 radical (unpaired) electrons. The van der Waals surface area contributed by atoms with E-state index in [1.165, 1.54) is 0 Å². The van der Waals surface area contributed by atoms with Crippen molar-refractivity contribution in [3.05, 3.63) is 29.8 Å². The number of carbonyl (C=O) groups excluding carboxylic acids is 1. The van der Waals surface area contributed by atoms with E-state index >= 15 is 0 Å². The summed E-state index contributed by atoms with van der Waals surface area (Å²) in [6.45, 7) is 12.0. The van der Waals surface area contributed by atoms with Gasteiger partial charge in [-0.05, 0) is 36.0 Å². The highest BCUT2D eigenvalue weighted by Gasteiger charge is 2.23. The van der Waals surface area contributed by atoms with Crippen molar-refractivity contribution >= 4 is 21.6 Å². The van der Waals surface area contributed by atoms with Gasteiger partial charge in [-0.15, -0.1) is 0 Å². The Hall–Kier alpha value is -1.56. The minimum Gasteiger partial charge on any atom is -0.352 e. The summed E-state index contributed by atoms with van der Waals surface area (Å²) in [5, 5.41) is 2.84. The van der Waals surface area contributed by atoms with Gasteiger partial charge in [-0.1, -0.05) is 46.8 Å². The molecule has 0 bridgehead atoms. The topological polar surface area (TPSA) is 66.5 Å². The summed E-state index contributed by atoms with van der Waals surface area (Å²) >= 11 is 0. The SMILES string of the molecule is CC(C)[C@@H](C)NC(=O)CN(c1ccc(C(C)(C)C)cc1)S(C)(=O)=O. The van der Waals surface area contributed by atoms with Crippen LogP contribution in [0.5, 0.6) is 0 Å². The number of nitrogens with one attached hydrogen (secondary N) is 1. The van der Waals surface area contributed by atoms with E-state index in [2.05, 4.69) is 26.1 Å². The maximum absolute atomic E-state index is 12.2. The summed E-state index contributed by atoms with van der Waals surface area (Å²) < 4.78 is 25.4. The predicted octanol–water partition coefficient (Wildman–Crippen LogP) is 2.91. The summed E-state index contributed by atoms with van der Waals surface area (Å²) in [6, 6.07) is 7.30. The molecule has 1 amide bonds. The average Bonchev–Trinajstić information content (AvgIpc) is 2.42. The minimum absolute atomic E-state index is 0.0119. The van der Waals surface area contributed by atoms with Crippen LogP contribution < -0.4 is 9.62 Å². The number of hydrogen-bond acceptors (Lipinski definition) is 3. The molecule has 1 rings (SSSR count). The van der Waals surface area contributed by atoms with Gasteiger partial charge in [0.25, 0.3) is 0 Å². The largest absolute Gasteiger partial charge is 0.352 e. The van der Waals surface area contributed by atoms with E-state index in [4.69, 9.17) is 0 Å². The number of anilines is 1. The van der Waals surface area contributed by atoms with Gasteiger partial charge in [-0.25, -0.2) is 8.42 Å². The minimum atomic E-state index is -3.54. The van der Waals surface area contributed by atoms with Crippen LogP contribution in [0.25, 0.3) is 0 Å². The first-order chi connectivity index (χ1) is 10.8. The molecule has 6 heteroatoms. The third kappa shape index (κ3) is 5.82. The van der Waals surface area contributed by atoms with E-state index in [1.54, 1.807) is 12.1 Å². The molecule has 0 saturated carbocycles. The highest BCUT2D eigenvalue weighted by Crippen LogP contribution is 2.25. The van der Waals surface area contributed by atoms with Crippen LogP contribution in [0.1, 0.15) is 47.1 Å². The van der Waals surface area contributed by atoms with Crippen LogP contribution in [-0.4, -0.2) is 33.2 Å². The smallest absolute Gasteiger partial charge is 0.240 e. The number of hydrogen-bond donors (Lipinski definition) is 1. The van der Waals surface area contributed by atoms with Crippen molar-refractivity contribution in [3.63, 3.8) is 0 Å². The van der Waals surface area contributed by atoms with E-state index in [9.17, 15) is 13.2 Å². The molecule has 0 aliphatic heterocycles. The Morgan fingerprint density at radius 1 is 1.12 bits per heavy atom. The summed E-state index contributed by atoms with van der Waals surface area (Å²) in [5.74, 6) is -0.0202. The molecule has 0 spiro atoms. The zero-order valence-corrected chi connectivity index (χ0v) is 16.6. The van der Waals surface area contributed by atoms with Crippen molar-refractivity contribution in [1.82, 2.24) is 5.32 Å². The maximum atomic E-state index is 12.2. The molecule has 1 aromatic carbocycles. The molecule has 5 nitrogen and oxygen atoms in total. The van der Waals surface area contributed by atoms with Crippen molar-refractivity contribution in [2.75, 3.05) is 17.1 Å². The monoisotopic (exact) mass is 354 g/mol. The molecule has 0 unspecified atom stereocenters. The van der Waals surface area contributed by atoms with Gasteiger partial charge in [0.1, 0.15) is 6.54 Å². The molecule has 1 atom stereocenters. The van der Waals surface area contributed by atoms with Gasteiger partial charge in [-0.3, -0.25) is 9.10 Å². The second-order valence-corrected chi connectivity index (χ2v) is 9.57. The summed E-state index contributed by atoms with van der Waals surface area (Å²) in [6.07, 6.45) is 1.11. The van der Waals surface area contributed by atoms with Crippen molar-refractivity contribution in [2.24, 2.45) is 5.92 Å². The van der Waals surface area contributed by atoms with E-state index in [0.29, 0.717) is 5.69 Å². The van der Waals surface area contributed by atoms with E-state index < -0.39 is 10.0 Å². The van der Waals surface area contributed by atoms with Crippen LogP contribution in [0.15, 0.2) is 24.3 Å². The lowest BCUT2D eigenvalue weighted by molar-refractivity contribution is -0.120.